The first-order valence-corrected chi connectivity index (χ1v) is 11.5. The maximum absolute atomic E-state index is 12.7. The van der Waals surface area contributed by atoms with Gasteiger partial charge in [0.2, 0.25) is 5.91 Å². The van der Waals surface area contributed by atoms with Crippen molar-refractivity contribution in [2.75, 3.05) is 31.1 Å². The molecule has 2 aliphatic rings. The fourth-order valence-electron chi connectivity index (χ4n) is 4.24. The summed E-state index contributed by atoms with van der Waals surface area (Å²) < 4.78 is 0. The predicted molar refractivity (Wildman–Crippen MR) is 117 cm³/mol. The number of hydrogen-bond acceptors (Lipinski definition) is 4. The summed E-state index contributed by atoms with van der Waals surface area (Å²) in [6.45, 7) is 5.86. The number of carbonyl (C=O) groups excluding carboxylic acids is 2. The molecule has 154 valence electrons. The number of nitrogens with zero attached hydrogens (tertiary/aromatic N) is 2. The van der Waals surface area contributed by atoms with Crippen molar-refractivity contribution >= 4 is 28.8 Å². The normalized spacial score (nSPS) is 19.5. The lowest BCUT2D eigenvalue weighted by atomic mass is 9.97. The lowest BCUT2D eigenvalue weighted by molar-refractivity contribution is -0.117. The maximum atomic E-state index is 12.7. The van der Waals surface area contributed by atoms with Crippen molar-refractivity contribution in [2.45, 2.75) is 38.6 Å². The van der Waals surface area contributed by atoms with Crippen molar-refractivity contribution in [1.29, 1.82) is 0 Å². The molecule has 0 unspecified atom stereocenters. The Bertz CT molecular complexity index is 826. The van der Waals surface area contributed by atoms with Gasteiger partial charge in [-0.1, -0.05) is 13.0 Å². The molecule has 0 saturated carbocycles. The molecule has 0 spiro atoms. The van der Waals surface area contributed by atoms with Gasteiger partial charge in [-0.05, 0) is 74.0 Å². The molecule has 6 heteroatoms. The summed E-state index contributed by atoms with van der Waals surface area (Å²) in [5.41, 5.74) is 1.51. The third-order valence-corrected chi connectivity index (χ3v) is 7.07. The van der Waals surface area contributed by atoms with E-state index in [4.69, 9.17) is 0 Å². The SMILES string of the molecule is CC1CCN([C@H](CNC(=O)c2ccc(N3CCCC3=O)cc2)c2cccs2)CC1. The quantitative estimate of drug-likeness (QED) is 0.779. The number of likely N-dealkylation sites (tertiary alicyclic amines) is 1. The van der Waals surface area contributed by atoms with Gasteiger partial charge in [0.15, 0.2) is 0 Å². The third kappa shape index (κ3) is 4.70. The van der Waals surface area contributed by atoms with E-state index in [-0.39, 0.29) is 17.9 Å². The van der Waals surface area contributed by atoms with E-state index in [1.165, 1.54) is 17.7 Å². The van der Waals surface area contributed by atoms with Crippen LogP contribution in [-0.2, 0) is 4.79 Å². The van der Waals surface area contributed by atoms with Gasteiger partial charge in [0.25, 0.3) is 5.91 Å². The Kier molecular flexibility index (Phi) is 6.31. The van der Waals surface area contributed by atoms with E-state index >= 15 is 0 Å². The Labute approximate surface area is 176 Å². The van der Waals surface area contributed by atoms with Crippen LogP contribution in [0.2, 0.25) is 0 Å². The van der Waals surface area contributed by atoms with E-state index in [1.807, 2.05) is 24.3 Å². The first kappa shape index (κ1) is 20.1. The highest BCUT2D eigenvalue weighted by Crippen LogP contribution is 2.29. The van der Waals surface area contributed by atoms with Crippen molar-refractivity contribution in [2.24, 2.45) is 5.92 Å². The van der Waals surface area contributed by atoms with E-state index in [1.54, 1.807) is 16.2 Å². The molecule has 1 aromatic carbocycles. The summed E-state index contributed by atoms with van der Waals surface area (Å²) in [6, 6.07) is 11.9. The van der Waals surface area contributed by atoms with Crippen LogP contribution in [-0.4, -0.2) is 42.9 Å². The van der Waals surface area contributed by atoms with Gasteiger partial charge in [0, 0.05) is 35.6 Å². The Morgan fingerprint density at radius 3 is 2.55 bits per heavy atom. The van der Waals surface area contributed by atoms with Crippen molar-refractivity contribution in [3.05, 3.63) is 52.2 Å². The van der Waals surface area contributed by atoms with Crippen LogP contribution in [0.25, 0.3) is 0 Å². The van der Waals surface area contributed by atoms with Crippen LogP contribution in [0.15, 0.2) is 41.8 Å². The molecule has 5 nitrogen and oxygen atoms in total. The van der Waals surface area contributed by atoms with Crippen molar-refractivity contribution < 1.29 is 9.59 Å². The summed E-state index contributed by atoms with van der Waals surface area (Å²) in [5, 5.41) is 5.25. The number of nitrogens with one attached hydrogen (secondary N) is 1. The number of amides is 2. The molecule has 2 amide bonds. The van der Waals surface area contributed by atoms with Gasteiger partial charge in [-0.2, -0.15) is 0 Å². The highest BCUT2D eigenvalue weighted by Gasteiger charge is 2.26. The summed E-state index contributed by atoms with van der Waals surface area (Å²) >= 11 is 1.76. The third-order valence-electron chi connectivity index (χ3n) is 6.10. The zero-order valence-corrected chi connectivity index (χ0v) is 17.8. The van der Waals surface area contributed by atoms with Gasteiger partial charge >= 0.3 is 0 Å². The minimum Gasteiger partial charge on any atom is -0.350 e. The second-order valence-electron chi connectivity index (χ2n) is 8.16. The molecule has 1 aromatic heterocycles. The zero-order valence-electron chi connectivity index (χ0n) is 17.0. The monoisotopic (exact) mass is 411 g/mol. The standard InChI is InChI=1S/C23H29N3O2S/c1-17-10-13-25(14-11-17)20(21-4-3-15-29-21)16-24-23(28)18-6-8-19(9-7-18)26-12-2-5-22(26)27/h3-4,6-9,15,17,20H,2,5,10-14,16H2,1H3,(H,24,28)/t20-/m1/s1. The Morgan fingerprint density at radius 1 is 1.17 bits per heavy atom. The molecule has 2 saturated heterocycles. The average molecular weight is 412 g/mol. The number of hydrogen-bond donors (Lipinski definition) is 1. The van der Waals surface area contributed by atoms with E-state index < -0.39 is 0 Å². The number of anilines is 1. The van der Waals surface area contributed by atoms with Crippen molar-refractivity contribution in [3.8, 4) is 0 Å². The van der Waals surface area contributed by atoms with Gasteiger partial charge < -0.3 is 10.2 Å². The lowest BCUT2D eigenvalue weighted by Gasteiger charge is -2.36. The Hall–Kier alpha value is -2.18. The lowest BCUT2D eigenvalue weighted by Crippen LogP contribution is -2.41. The fourth-order valence-corrected chi connectivity index (χ4v) is 5.10. The first-order valence-electron chi connectivity index (χ1n) is 10.6. The smallest absolute Gasteiger partial charge is 0.251 e. The van der Waals surface area contributed by atoms with Gasteiger partial charge in [0.1, 0.15) is 0 Å². The van der Waals surface area contributed by atoms with Crippen LogP contribution in [0.3, 0.4) is 0 Å². The Morgan fingerprint density at radius 2 is 1.93 bits per heavy atom. The molecular weight excluding hydrogens is 382 g/mol. The van der Waals surface area contributed by atoms with Gasteiger partial charge in [0.05, 0.1) is 6.04 Å². The minimum atomic E-state index is -0.0590. The van der Waals surface area contributed by atoms with Crippen LogP contribution in [0.4, 0.5) is 5.69 Å². The van der Waals surface area contributed by atoms with Crippen molar-refractivity contribution in [1.82, 2.24) is 10.2 Å². The average Bonchev–Trinajstić information content (AvgIpc) is 3.41. The van der Waals surface area contributed by atoms with Gasteiger partial charge in [-0.3, -0.25) is 14.5 Å². The Balaban J connectivity index is 1.39. The fraction of sp³-hybridized carbons (Fsp3) is 0.478. The highest BCUT2D eigenvalue weighted by molar-refractivity contribution is 7.10. The first-order chi connectivity index (χ1) is 14.1. The topological polar surface area (TPSA) is 52.7 Å². The molecule has 0 aliphatic carbocycles. The van der Waals surface area contributed by atoms with Crippen LogP contribution in [0, 0.1) is 5.92 Å². The molecule has 0 radical (unpaired) electrons. The summed E-state index contributed by atoms with van der Waals surface area (Å²) in [5.74, 6) is 0.888. The van der Waals surface area contributed by atoms with Gasteiger partial charge in [-0.15, -0.1) is 11.3 Å². The van der Waals surface area contributed by atoms with Crippen LogP contribution < -0.4 is 10.2 Å². The van der Waals surface area contributed by atoms with E-state index in [0.29, 0.717) is 18.5 Å². The molecule has 2 aliphatic heterocycles. The van der Waals surface area contributed by atoms with Gasteiger partial charge in [-0.25, -0.2) is 0 Å². The van der Waals surface area contributed by atoms with Crippen LogP contribution >= 0.6 is 11.3 Å². The molecule has 1 N–H and O–H groups in total. The summed E-state index contributed by atoms with van der Waals surface area (Å²) in [7, 11) is 0. The number of carbonyl (C=O) groups is 2. The van der Waals surface area contributed by atoms with E-state index in [2.05, 4.69) is 34.7 Å². The molecular formula is C23H29N3O2S. The number of thiophene rings is 1. The van der Waals surface area contributed by atoms with Crippen LogP contribution in [0.5, 0.6) is 0 Å². The van der Waals surface area contributed by atoms with Crippen LogP contribution in [0.1, 0.15) is 53.9 Å². The zero-order chi connectivity index (χ0) is 20.2. The maximum Gasteiger partial charge on any atom is 0.251 e. The van der Waals surface area contributed by atoms with Crippen molar-refractivity contribution in [3.63, 3.8) is 0 Å². The molecule has 0 bridgehead atoms. The number of rotatable bonds is 6. The molecule has 1 atom stereocenters. The predicted octanol–water partition coefficient (Wildman–Crippen LogP) is 4.08. The minimum absolute atomic E-state index is 0.0590. The second-order valence-corrected chi connectivity index (χ2v) is 9.13. The molecule has 2 fully saturated rings. The second kappa shape index (κ2) is 9.09. The molecule has 4 rings (SSSR count). The number of benzene rings is 1. The molecule has 3 heterocycles. The summed E-state index contributed by atoms with van der Waals surface area (Å²) in [4.78, 5) is 30.3. The molecule has 2 aromatic rings. The molecule has 29 heavy (non-hydrogen) atoms. The number of piperidine rings is 1. The summed E-state index contributed by atoms with van der Waals surface area (Å²) in [6.07, 6.45) is 3.95. The van der Waals surface area contributed by atoms with E-state index in [9.17, 15) is 9.59 Å². The van der Waals surface area contributed by atoms with E-state index in [0.717, 1.165) is 37.7 Å². The largest absolute Gasteiger partial charge is 0.350 e. The highest BCUT2D eigenvalue weighted by atomic mass is 32.1.